The number of amides is 1. The van der Waals surface area contributed by atoms with Gasteiger partial charge in [0.15, 0.2) is 0 Å². The summed E-state index contributed by atoms with van der Waals surface area (Å²) >= 11 is 0. The number of hydrogen-bond acceptors (Lipinski definition) is 4. The zero-order chi connectivity index (χ0) is 23.7. The Morgan fingerprint density at radius 3 is 2.56 bits per heavy atom. The number of aromatic amines is 1. The van der Waals surface area contributed by atoms with Crippen LogP contribution in [-0.4, -0.2) is 35.3 Å². The standard InChI is InChI=1S/C28H25N3O3/c1-18-9-8-12-20(15-18)24-16-23(30-31(24)25(32)17-34-2)27-26(19-10-4-3-5-11-19)21-13-6-7-14-22(21)29-28(27)33/h3-15,24H,16-17H2,1-2H3,(H,29,33)/t24-/m1/s1. The Morgan fingerprint density at radius 1 is 1.03 bits per heavy atom. The van der Waals surface area contributed by atoms with Gasteiger partial charge < -0.3 is 9.72 Å². The summed E-state index contributed by atoms with van der Waals surface area (Å²) in [6, 6.07) is 25.3. The van der Waals surface area contributed by atoms with Crippen molar-refractivity contribution in [2.24, 2.45) is 5.10 Å². The van der Waals surface area contributed by atoms with Crippen LogP contribution in [0.15, 0.2) is 88.8 Å². The van der Waals surface area contributed by atoms with Gasteiger partial charge >= 0.3 is 0 Å². The third-order valence-corrected chi connectivity index (χ3v) is 6.13. The molecular formula is C28H25N3O3. The van der Waals surface area contributed by atoms with E-state index in [1.165, 1.54) is 12.1 Å². The number of carbonyl (C=O) groups is 1. The smallest absolute Gasteiger partial charge is 0.269 e. The van der Waals surface area contributed by atoms with Gasteiger partial charge in [0, 0.05) is 30.0 Å². The first kappa shape index (κ1) is 21.8. The van der Waals surface area contributed by atoms with Crippen LogP contribution in [0.1, 0.15) is 29.2 Å². The summed E-state index contributed by atoms with van der Waals surface area (Å²) in [7, 11) is 1.49. The second-order valence-corrected chi connectivity index (χ2v) is 8.47. The van der Waals surface area contributed by atoms with Crippen molar-refractivity contribution in [3.05, 3.63) is 106 Å². The predicted molar refractivity (Wildman–Crippen MR) is 134 cm³/mol. The maximum Gasteiger partial charge on any atom is 0.269 e. The van der Waals surface area contributed by atoms with Crippen molar-refractivity contribution in [1.82, 2.24) is 9.99 Å². The lowest BCUT2D eigenvalue weighted by atomic mass is 9.91. The van der Waals surface area contributed by atoms with Crippen LogP contribution in [0.2, 0.25) is 0 Å². The van der Waals surface area contributed by atoms with E-state index < -0.39 is 0 Å². The van der Waals surface area contributed by atoms with Crippen molar-refractivity contribution < 1.29 is 9.53 Å². The Kier molecular flexibility index (Phi) is 5.82. The van der Waals surface area contributed by atoms with Crippen LogP contribution in [0, 0.1) is 6.92 Å². The van der Waals surface area contributed by atoms with Crippen LogP contribution in [0.5, 0.6) is 0 Å². The number of nitrogens with zero attached hydrogens (tertiary/aromatic N) is 2. The molecule has 1 aromatic heterocycles. The highest BCUT2D eigenvalue weighted by Gasteiger charge is 2.35. The summed E-state index contributed by atoms with van der Waals surface area (Å²) in [4.78, 5) is 29.4. The summed E-state index contributed by atoms with van der Waals surface area (Å²) < 4.78 is 5.11. The molecule has 2 heterocycles. The molecule has 1 atom stereocenters. The summed E-state index contributed by atoms with van der Waals surface area (Å²) in [6.07, 6.45) is 0.431. The highest BCUT2D eigenvalue weighted by atomic mass is 16.5. The molecule has 5 rings (SSSR count). The number of hydrogen-bond donors (Lipinski definition) is 1. The third-order valence-electron chi connectivity index (χ3n) is 6.13. The molecule has 6 nitrogen and oxygen atoms in total. The van der Waals surface area contributed by atoms with Crippen LogP contribution in [0.3, 0.4) is 0 Å². The van der Waals surface area contributed by atoms with Crippen LogP contribution >= 0.6 is 0 Å². The second kappa shape index (κ2) is 9.08. The van der Waals surface area contributed by atoms with Crippen LogP contribution in [0.25, 0.3) is 22.0 Å². The molecule has 4 aromatic rings. The number of fused-ring (bicyclic) bond motifs is 1. The summed E-state index contributed by atoms with van der Waals surface area (Å²) in [5.41, 5.74) is 5.44. The van der Waals surface area contributed by atoms with E-state index >= 15 is 0 Å². The van der Waals surface area contributed by atoms with Crippen LogP contribution < -0.4 is 5.56 Å². The molecule has 0 radical (unpaired) electrons. The minimum absolute atomic E-state index is 0.0846. The monoisotopic (exact) mass is 451 g/mol. The summed E-state index contributed by atoms with van der Waals surface area (Å²) in [5, 5.41) is 7.12. The van der Waals surface area contributed by atoms with E-state index in [9.17, 15) is 9.59 Å². The fourth-order valence-corrected chi connectivity index (χ4v) is 4.64. The van der Waals surface area contributed by atoms with Gasteiger partial charge in [0.2, 0.25) is 0 Å². The molecule has 0 fully saturated rings. The molecule has 1 N–H and O–H groups in total. The number of benzene rings is 3. The number of hydrazone groups is 1. The number of rotatable bonds is 5. The molecule has 3 aromatic carbocycles. The van der Waals surface area contributed by atoms with Gasteiger partial charge in [0.25, 0.3) is 11.5 Å². The van der Waals surface area contributed by atoms with Gasteiger partial charge in [0.1, 0.15) is 6.61 Å². The molecule has 1 amide bonds. The first-order valence-corrected chi connectivity index (χ1v) is 11.2. The Bertz CT molecular complexity index is 1460. The van der Waals surface area contributed by atoms with Crippen molar-refractivity contribution >= 4 is 22.5 Å². The highest BCUT2D eigenvalue weighted by Crippen LogP contribution is 2.37. The Labute approximate surface area is 197 Å². The lowest BCUT2D eigenvalue weighted by Crippen LogP contribution is -2.30. The topological polar surface area (TPSA) is 74.8 Å². The van der Waals surface area contributed by atoms with Gasteiger partial charge in [-0.15, -0.1) is 0 Å². The van der Waals surface area contributed by atoms with Gasteiger partial charge in [-0.05, 0) is 24.1 Å². The van der Waals surface area contributed by atoms with Crippen molar-refractivity contribution in [2.75, 3.05) is 13.7 Å². The molecule has 1 aliphatic heterocycles. The maximum atomic E-state index is 13.4. The largest absolute Gasteiger partial charge is 0.375 e. The van der Waals surface area contributed by atoms with E-state index in [4.69, 9.17) is 9.84 Å². The molecule has 0 saturated carbocycles. The molecule has 6 heteroatoms. The van der Waals surface area contributed by atoms with Crippen molar-refractivity contribution in [2.45, 2.75) is 19.4 Å². The number of H-pyrrole nitrogens is 1. The number of nitrogens with one attached hydrogen (secondary N) is 1. The SMILES string of the molecule is COCC(=O)N1N=C(c2c(-c3ccccc3)c3ccccc3[nH]c2=O)C[C@@H]1c1cccc(C)c1. The van der Waals surface area contributed by atoms with E-state index in [0.717, 1.165) is 33.2 Å². The van der Waals surface area contributed by atoms with E-state index in [1.54, 1.807) is 0 Å². The summed E-state index contributed by atoms with van der Waals surface area (Å²) in [5.74, 6) is -0.248. The molecular weight excluding hydrogens is 426 g/mol. The molecule has 0 aliphatic carbocycles. The minimum atomic E-state index is -0.313. The number of ether oxygens (including phenoxy) is 1. The number of methoxy groups -OCH3 is 1. The number of para-hydroxylation sites is 1. The molecule has 34 heavy (non-hydrogen) atoms. The minimum Gasteiger partial charge on any atom is -0.375 e. The average Bonchev–Trinajstić information content (AvgIpc) is 3.29. The van der Waals surface area contributed by atoms with E-state index in [-0.39, 0.29) is 24.1 Å². The van der Waals surface area contributed by atoms with E-state index in [2.05, 4.69) is 11.1 Å². The highest BCUT2D eigenvalue weighted by molar-refractivity contribution is 6.12. The number of pyridine rings is 1. The number of carbonyl (C=O) groups excluding carboxylic acids is 1. The Hall–Kier alpha value is -4.03. The van der Waals surface area contributed by atoms with Gasteiger partial charge in [-0.25, -0.2) is 5.01 Å². The first-order chi connectivity index (χ1) is 16.6. The molecule has 0 spiro atoms. The molecule has 0 bridgehead atoms. The van der Waals surface area contributed by atoms with E-state index in [0.29, 0.717) is 17.7 Å². The van der Waals surface area contributed by atoms with Gasteiger partial charge in [0.05, 0.1) is 17.3 Å². The fourth-order valence-electron chi connectivity index (χ4n) is 4.64. The zero-order valence-corrected chi connectivity index (χ0v) is 19.1. The number of aromatic nitrogens is 1. The van der Waals surface area contributed by atoms with Gasteiger partial charge in [-0.3, -0.25) is 9.59 Å². The first-order valence-electron chi connectivity index (χ1n) is 11.2. The van der Waals surface area contributed by atoms with Gasteiger partial charge in [-0.1, -0.05) is 78.4 Å². The lowest BCUT2D eigenvalue weighted by molar-refractivity contribution is -0.137. The van der Waals surface area contributed by atoms with Gasteiger partial charge in [-0.2, -0.15) is 5.10 Å². The maximum absolute atomic E-state index is 13.4. The quantitative estimate of drug-likeness (QED) is 0.472. The Balaban J connectivity index is 1.72. The average molecular weight is 452 g/mol. The molecule has 0 saturated heterocycles. The Morgan fingerprint density at radius 2 is 1.79 bits per heavy atom. The second-order valence-electron chi connectivity index (χ2n) is 8.47. The van der Waals surface area contributed by atoms with Crippen molar-refractivity contribution in [3.8, 4) is 11.1 Å². The molecule has 170 valence electrons. The van der Waals surface area contributed by atoms with Crippen LogP contribution in [0.4, 0.5) is 0 Å². The molecule has 1 aliphatic rings. The van der Waals surface area contributed by atoms with E-state index in [1.807, 2.05) is 79.7 Å². The zero-order valence-electron chi connectivity index (χ0n) is 19.1. The predicted octanol–water partition coefficient (Wildman–Crippen LogP) is 4.83. The molecule has 0 unspecified atom stereocenters. The van der Waals surface area contributed by atoms with Crippen molar-refractivity contribution in [3.63, 3.8) is 0 Å². The third kappa shape index (κ3) is 3.93. The lowest BCUT2D eigenvalue weighted by Gasteiger charge is -2.22. The van der Waals surface area contributed by atoms with Crippen LogP contribution in [-0.2, 0) is 9.53 Å². The number of aryl methyl sites for hydroxylation is 1. The van der Waals surface area contributed by atoms with Crippen molar-refractivity contribution in [1.29, 1.82) is 0 Å². The fraction of sp³-hybridized carbons (Fsp3) is 0.179. The normalized spacial score (nSPS) is 15.5. The summed E-state index contributed by atoms with van der Waals surface area (Å²) in [6.45, 7) is 1.93.